The predicted octanol–water partition coefficient (Wildman–Crippen LogP) is 1.60. The second-order valence-corrected chi connectivity index (χ2v) is 3.32. The fourth-order valence-corrected chi connectivity index (χ4v) is 1.51. The molecule has 1 atom stereocenters. The van der Waals surface area contributed by atoms with E-state index in [0.717, 1.165) is 11.3 Å². The molecule has 14 heavy (non-hydrogen) atoms. The minimum absolute atomic E-state index is 0.00336. The number of hydrogen-bond donors (Lipinski definition) is 2. The zero-order valence-corrected chi connectivity index (χ0v) is 9.01. The molecule has 0 bridgehead atoms. The third-order valence-electron chi connectivity index (χ3n) is 2.11. The van der Waals surface area contributed by atoms with Crippen LogP contribution in [0.3, 0.4) is 0 Å². The van der Waals surface area contributed by atoms with Crippen molar-refractivity contribution in [3.63, 3.8) is 0 Å². The Morgan fingerprint density at radius 3 is 2.79 bits per heavy atom. The van der Waals surface area contributed by atoms with Crippen LogP contribution in [0.1, 0.15) is 11.6 Å². The molecule has 0 aliphatic rings. The van der Waals surface area contributed by atoms with Crippen LogP contribution < -0.4 is 10.1 Å². The molecule has 0 unspecified atom stereocenters. The van der Waals surface area contributed by atoms with Crippen LogP contribution in [0.5, 0.6) is 5.75 Å². The van der Waals surface area contributed by atoms with Crippen molar-refractivity contribution in [3.05, 3.63) is 28.8 Å². The van der Waals surface area contributed by atoms with Gasteiger partial charge < -0.3 is 15.2 Å². The van der Waals surface area contributed by atoms with Gasteiger partial charge in [-0.15, -0.1) is 0 Å². The average Bonchev–Trinajstić information content (AvgIpc) is 2.22. The Kier molecular flexibility index (Phi) is 4.20. The lowest BCUT2D eigenvalue weighted by atomic mass is 10.1. The van der Waals surface area contributed by atoms with E-state index in [1.807, 2.05) is 6.07 Å². The van der Waals surface area contributed by atoms with Gasteiger partial charge in [0.05, 0.1) is 19.8 Å². The second-order valence-electron chi connectivity index (χ2n) is 2.91. The van der Waals surface area contributed by atoms with Gasteiger partial charge in [-0.25, -0.2) is 0 Å². The van der Waals surface area contributed by atoms with Gasteiger partial charge in [-0.1, -0.05) is 11.6 Å². The van der Waals surface area contributed by atoms with Crippen LogP contribution in [-0.2, 0) is 0 Å². The fourth-order valence-electron chi connectivity index (χ4n) is 1.26. The number of likely N-dealkylation sites (N-methyl/N-ethyl adjacent to an activating group) is 1. The van der Waals surface area contributed by atoms with Gasteiger partial charge in [0, 0.05) is 5.02 Å². The van der Waals surface area contributed by atoms with E-state index in [1.165, 1.54) is 0 Å². The highest BCUT2D eigenvalue weighted by molar-refractivity contribution is 6.31. The average molecular weight is 216 g/mol. The first kappa shape index (κ1) is 11.3. The lowest BCUT2D eigenvalue weighted by Gasteiger charge is -2.15. The van der Waals surface area contributed by atoms with Crippen LogP contribution in [-0.4, -0.2) is 25.9 Å². The number of ether oxygens (including phenoxy) is 1. The quantitative estimate of drug-likeness (QED) is 0.802. The minimum Gasteiger partial charge on any atom is -0.497 e. The van der Waals surface area contributed by atoms with E-state index in [2.05, 4.69) is 5.32 Å². The molecule has 0 spiro atoms. The van der Waals surface area contributed by atoms with Crippen molar-refractivity contribution < 1.29 is 9.84 Å². The van der Waals surface area contributed by atoms with Gasteiger partial charge in [0.2, 0.25) is 0 Å². The number of aliphatic hydroxyl groups excluding tert-OH is 1. The zero-order valence-electron chi connectivity index (χ0n) is 8.25. The van der Waals surface area contributed by atoms with Crippen molar-refractivity contribution in [2.24, 2.45) is 0 Å². The van der Waals surface area contributed by atoms with Gasteiger partial charge in [0.15, 0.2) is 0 Å². The first-order chi connectivity index (χ1) is 6.72. The number of nitrogens with one attached hydrogen (secondary N) is 1. The normalized spacial score (nSPS) is 12.6. The summed E-state index contributed by atoms with van der Waals surface area (Å²) in [5.74, 6) is 0.734. The molecular weight excluding hydrogens is 202 g/mol. The van der Waals surface area contributed by atoms with Crippen LogP contribution in [0.4, 0.5) is 0 Å². The molecule has 1 aromatic rings. The summed E-state index contributed by atoms with van der Waals surface area (Å²) in [5, 5.41) is 12.7. The summed E-state index contributed by atoms with van der Waals surface area (Å²) in [7, 11) is 3.37. The van der Waals surface area contributed by atoms with Crippen molar-refractivity contribution in [1.82, 2.24) is 5.32 Å². The largest absolute Gasteiger partial charge is 0.497 e. The number of rotatable bonds is 4. The van der Waals surface area contributed by atoms with Crippen molar-refractivity contribution in [3.8, 4) is 5.75 Å². The standard InChI is InChI=1S/C10H14ClNO2/c1-12-10(6-13)8-5-7(14-2)3-4-9(8)11/h3-5,10,12-13H,6H2,1-2H3/t10-/m1/s1. The van der Waals surface area contributed by atoms with E-state index in [9.17, 15) is 0 Å². The number of aliphatic hydroxyl groups is 1. The Labute approximate surface area is 88.7 Å². The summed E-state index contributed by atoms with van der Waals surface area (Å²) in [5.41, 5.74) is 0.844. The first-order valence-corrected chi connectivity index (χ1v) is 4.72. The van der Waals surface area contributed by atoms with Crippen molar-refractivity contribution in [2.75, 3.05) is 20.8 Å². The Balaban J connectivity index is 3.04. The molecular formula is C10H14ClNO2. The number of halogens is 1. The van der Waals surface area contributed by atoms with Crippen LogP contribution in [0.25, 0.3) is 0 Å². The summed E-state index contributed by atoms with van der Waals surface area (Å²) in [6, 6.07) is 5.21. The highest BCUT2D eigenvalue weighted by Gasteiger charge is 2.12. The van der Waals surface area contributed by atoms with Crippen LogP contribution in [0, 0.1) is 0 Å². The molecule has 0 amide bonds. The molecule has 1 rings (SSSR count). The van der Waals surface area contributed by atoms with Gasteiger partial charge in [0.1, 0.15) is 5.75 Å². The molecule has 0 radical (unpaired) electrons. The molecule has 0 aliphatic carbocycles. The molecule has 0 heterocycles. The molecule has 0 aliphatic heterocycles. The summed E-state index contributed by atoms with van der Waals surface area (Å²) in [6.07, 6.45) is 0. The zero-order chi connectivity index (χ0) is 10.6. The van der Waals surface area contributed by atoms with Crippen LogP contribution in [0.2, 0.25) is 5.02 Å². The molecule has 0 aromatic heterocycles. The Hall–Kier alpha value is -0.770. The van der Waals surface area contributed by atoms with E-state index in [0.29, 0.717) is 5.02 Å². The maximum absolute atomic E-state index is 9.11. The van der Waals surface area contributed by atoms with E-state index < -0.39 is 0 Å². The Morgan fingerprint density at radius 1 is 1.57 bits per heavy atom. The molecule has 2 N–H and O–H groups in total. The SMILES string of the molecule is CN[C@H](CO)c1cc(OC)ccc1Cl. The fraction of sp³-hybridized carbons (Fsp3) is 0.400. The summed E-state index contributed by atoms with van der Waals surface area (Å²) in [4.78, 5) is 0. The van der Waals surface area contributed by atoms with Crippen LogP contribution >= 0.6 is 11.6 Å². The third-order valence-corrected chi connectivity index (χ3v) is 2.45. The smallest absolute Gasteiger partial charge is 0.119 e. The van der Waals surface area contributed by atoms with E-state index in [1.54, 1.807) is 26.3 Å². The van der Waals surface area contributed by atoms with Crippen LogP contribution in [0.15, 0.2) is 18.2 Å². The van der Waals surface area contributed by atoms with Gasteiger partial charge in [0.25, 0.3) is 0 Å². The minimum atomic E-state index is -0.155. The van der Waals surface area contributed by atoms with Crippen molar-refractivity contribution in [2.45, 2.75) is 6.04 Å². The molecule has 0 saturated carbocycles. The topological polar surface area (TPSA) is 41.5 Å². The number of benzene rings is 1. The van der Waals surface area contributed by atoms with E-state index in [-0.39, 0.29) is 12.6 Å². The van der Waals surface area contributed by atoms with Crippen molar-refractivity contribution >= 4 is 11.6 Å². The lowest BCUT2D eigenvalue weighted by molar-refractivity contribution is 0.250. The number of hydrogen-bond acceptors (Lipinski definition) is 3. The third kappa shape index (κ3) is 2.38. The molecule has 1 aromatic carbocycles. The maximum Gasteiger partial charge on any atom is 0.119 e. The Morgan fingerprint density at radius 2 is 2.29 bits per heavy atom. The van der Waals surface area contributed by atoms with Gasteiger partial charge in [-0.3, -0.25) is 0 Å². The molecule has 3 nitrogen and oxygen atoms in total. The van der Waals surface area contributed by atoms with Gasteiger partial charge in [-0.2, -0.15) is 0 Å². The summed E-state index contributed by atoms with van der Waals surface area (Å²) < 4.78 is 5.08. The highest BCUT2D eigenvalue weighted by Crippen LogP contribution is 2.26. The molecule has 0 fully saturated rings. The maximum atomic E-state index is 9.11. The monoisotopic (exact) mass is 215 g/mol. The highest BCUT2D eigenvalue weighted by atomic mass is 35.5. The van der Waals surface area contributed by atoms with Crippen molar-refractivity contribution in [1.29, 1.82) is 0 Å². The molecule has 4 heteroatoms. The molecule has 78 valence electrons. The van der Waals surface area contributed by atoms with Gasteiger partial charge in [-0.05, 0) is 30.8 Å². The molecule has 0 saturated heterocycles. The van der Waals surface area contributed by atoms with E-state index in [4.69, 9.17) is 21.4 Å². The van der Waals surface area contributed by atoms with Gasteiger partial charge >= 0.3 is 0 Å². The Bertz CT molecular complexity index is 300. The predicted molar refractivity (Wildman–Crippen MR) is 56.9 cm³/mol. The first-order valence-electron chi connectivity index (χ1n) is 4.34. The lowest BCUT2D eigenvalue weighted by Crippen LogP contribution is -2.20. The summed E-state index contributed by atoms with van der Waals surface area (Å²) >= 11 is 6.00. The second kappa shape index (κ2) is 5.20. The van der Waals surface area contributed by atoms with E-state index >= 15 is 0 Å². The summed E-state index contributed by atoms with van der Waals surface area (Å²) in [6.45, 7) is 0.00336. The number of methoxy groups -OCH3 is 1.